The molecule has 1 rings (SSSR count). The molecule has 0 aliphatic rings. The third kappa shape index (κ3) is 1.25. The fraction of sp³-hybridized carbons (Fsp3) is 0.286. The number of nitrogens with two attached hydrogens (primary N) is 1. The number of aliphatic hydroxyl groups excluding tert-OH is 1. The number of nitrogen functional groups attached to an aromatic ring is 1. The zero-order valence-electron chi connectivity index (χ0n) is 5.83. The smallest absolute Gasteiger partial charge is 0.128 e. The average molecular weight is 138 g/mol. The molecule has 3 heteroatoms. The van der Waals surface area contributed by atoms with Crippen molar-refractivity contribution in [2.45, 2.75) is 13.5 Å². The van der Waals surface area contributed by atoms with Crippen LogP contribution >= 0.6 is 0 Å². The summed E-state index contributed by atoms with van der Waals surface area (Å²) in [7, 11) is 0. The molecule has 1 aromatic heterocycles. The number of hydrogen-bond acceptors (Lipinski definition) is 3. The van der Waals surface area contributed by atoms with Gasteiger partial charge in [0, 0.05) is 11.8 Å². The molecule has 0 aliphatic carbocycles. The highest BCUT2D eigenvalue weighted by Gasteiger charge is 1.96. The third-order valence-electron chi connectivity index (χ3n) is 1.31. The van der Waals surface area contributed by atoms with Crippen molar-refractivity contribution in [1.29, 1.82) is 0 Å². The second-order valence-corrected chi connectivity index (χ2v) is 2.22. The van der Waals surface area contributed by atoms with Gasteiger partial charge in [0.2, 0.25) is 0 Å². The van der Waals surface area contributed by atoms with Gasteiger partial charge in [0.15, 0.2) is 0 Å². The van der Waals surface area contributed by atoms with Gasteiger partial charge in [-0.2, -0.15) is 0 Å². The van der Waals surface area contributed by atoms with Gasteiger partial charge in [0.1, 0.15) is 5.82 Å². The Morgan fingerprint density at radius 1 is 1.70 bits per heavy atom. The first-order valence-corrected chi connectivity index (χ1v) is 3.06. The summed E-state index contributed by atoms with van der Waals surface area (Å²) in [5, 5.41) is 8.72. The lowest BCUT2D eigenvalue weighted by Crippen LogP contribution is -1.97. The molecule has 0 bridgehead atoms. The summed E-state index contributed by atoms with van der Waals surface area (Å²) in [6.07, 6.45) is 1.68. The Labute approximate surface area is 59.5 Å². The highest BCUT2D eigenvalue weighted by atomic mass is 16.3. The number of pyridine rings is 1. The molecule has 0 aliphatic heterocycles. The first-order valence-electron chi connectivity index (χ1n) is 3.06. The molecule has 0 spiro atoms. The predicted molar refractivity (Wildman–Crippen MR) is 39.3 cm³/mol. The molecule has 0 aromatic carbocycles. The molecule has 1 heterocycles. The number of aryl methyl sites for hydroxylation is 1. The second-order valence-electron chi connectivity index (χ2n) is 2.22. The van der Waals surface area contributed by atoms with Crippen LogP contribution in [-0.4, -0.2) is 10.1 Å². The van der Waals surface area contributed by atoms with E-state index in [2.05, 4.69) is 4.98 Å². The van der Waals surface area contributed by atoms with E-state index in [9.17, 15) is 0 Å². The summed E-state index contributed by atoms with van der Waals surface area (Å²) >= 11 is 0. The van der Waals surface area contributed by atoms with E-state index >= 15 is 0 Å². The fourth-order valence-electron chi connectivity index (χ4n) is 0.767. The summed E-state index contributed by atoms with van der Waals surface area (Å²) in [6.45, 7) is 1.87. The van der Waals surface area contributed by atoms with E-state index < -0.39 is 0 Å². The van der Waals surface area contributed by atoms with Crippen molar-refractivity contribution in [2.24, 2.45) is 0 Å². The van der Waals surface area contributed by atoms with E-state index in [1.807, 2.05) is 13.0 Å². The van der Waals surface area contributed by atoms with Crippen molar-refractivity contribution in [3.63, 3.8) is 0 Å². The highest BCUT2D eigenvalue weighted by molar-refractivity contribution is 5.39. The molecule has 3 N–H and O–H groups in total. The molecule has 10 heavy (non-hydrogen) atoms. The van der Waals surface area contributed by atoms with Crippen LogP contribution in [0.3, 0.4) is 0 Å². The first-order chi connectivity index (χ1) is 4.74. The van der Waals surface area contributed by atoms with Gasteiger partial charge in [0.05, 0.1) is 6.61 Å². The largest absolute Gasteiger partial charge is 0.392 e. The monoisotopic (exact) mass is 138 g/mol. The zero-order valence-corrected chi connectivity index (χ0v) is 5.83. The Morgan fingerprint density at radius 2 is 2.40 bits per heavy atom. The number of aromatic nitrogens is 1. The zero-order chi connectivity index (χ0) is 7.56. The van der Waals surface area contributed by atoms with Crippen LogP contribution in [-0.2, 0) is 6.61 Å². The Balaban J connectivity index is 3.09. The summed E-state index contributed by atoms with van der Waals surface area (Å²) in [5.74, 6) is 0.410. The number of aliphatic hydroxyl groups is 1. The Hall–Kier alpha value is -1.09. The molecule has 0 radical (unpaired) electrons. The molecule has 0 saturated heterocycles. The van der Waals surface area contributed by atoms with Crippen LogP contribution in [0.25, 0.3) is 0 Å². The molecule has 0 atom stereocenters. The Kier molecular flexibility index (Phi) is 1.87. The van der Waals surface area contributed by atoms with Crippen LogP contribution in [0.15, 0.2) is 12.3 Å². The van der Waals surface area contributed by atoms with Crippen molar-refractivity contribution in [3.05, 3.63) is 23.4 Å². The molecule has 3 nitrogen and oxygen atoms in total. The van der Waals surface area contributed by atoms with E-state index in [1.165, 1.54) is 0 Å². The minimum Gasteiger partial charge on any atom is -0.392 e. The Bertz CT molecular complexity index is 235. The van der Waals surface area contributed by atoms with E-state index in [4.69, 9.17) is 10.8 Å². The van der Waals surface area contributed by atoms with Gasteiger partial charge < -0.3 is 10.8 Å². The van der Waals surface area contributed by atoms with Crippen LogP contribution in [0.1, 0.15) is 11.1 Å². The summed E-state index contributed by atoms with van der Waals surface area (Å²) in [5.41, 5.74) is 7.14. The number of rotatable bonds is 1. The van der Waals surface area contributed by atoms with Gasteiger partial charge in [-0.1, -0.05) is 0 Å². The van der Waals surface area contributed by atoms with Crippen LogP contribution in [0.4, 0.5) is 5.82 Å². The van der Waals surface area contributed by atoms with Crippen molar-refractivity contribution in [1.82, 2.24) is 4.98 Å². The van der Waals surface area contributed by atoms with Crippen molar-refractivity contribution in [2.75, 3.05) is 5.73 Å². The number of hydrogen-bond donors (Lipinski definition) is 2. The molecule has 0 fully saturated rings. The van der Waals surface area contributed by atoms with Crippen LogP contribution in [0.5, 0.6) is 0 Å². The maximum atomic E-state index is 8.72. The minimum atomic E-state index is -0.0412. The van der Waals surface area contributed by atoms with Gasteiger partial charge in [-0.3, -0.25) is 0 Å². The van der Waals surface area contributed by atoms with Gasteiger partial charge in [-0.25, -0.2) is 4.98 Å². The Morgan fingerprint density at radius 3 is 2.90 bits per heavy atom. The van der Waals surface area contributed by atoms with E-state index in [1.54, 1.807) is 6.20 Å². The maximum Gasteiger partial charge on any atom is 0.128 e. The standard InChI is InChI=1S/C7H10N2O/c1-5-2-6(4-10)7(8)9-3-5/h2-3,10H,4H2,1H3,(H2,8,9). The number of nitrogens with zero attached hydrogens (tertiary/aromatic N) is 1. The molecular formula is C7H10N2O. The van der Waals surface area contributed by atoms with E-state index in [0.29, 0.717) is 11.4 Å². The SMILES string of the molecule is Cc1cnc(N)c(CO)c1. The lowest BCUT2D eigenvalue weighted by atomic mass is 10.2. The van der Waals surface area contributed by atoms with Gasteiger partial charge in [-0.15, -0.1) is 0 Å². The van der Waals surface area contributed by atoms with Crippen molar-refractivity contribution >= 4 is 5.82 Å². The lowest BCUT2D eigenvalue weighted by Gasteiger charge is -2.00. The first kappa shape index (κ1) is 7.02. The maximum absolute atomic E-state index is 8.72. The molecule has 0 unspecified atom stereocenters. The van der Waals surface area contributed by atoms with Crippen LogP contribution in [0, 0.1) is 6.92 Å². The van der Waals surface area contributed by atoms with E-state index in [-0.39, 0.29) is 6.61 Å². The van der Waals surface area contributed by atoms with Crippen LogP contribution in [0.2, 0.25) is 0 Å². The third-order valence-corrected chi connectivity index (χ3v) is 1.31. The van der Waals surface area contributed by atoms with Crippen molar-refractivity contribution in [3.8, 4) is 0 Å². The van der Waals surface area contributed by atoms with Gasteiger partial charge in [0.25, 0.3) is 0 Å². The number of anilines is 1. The molecule has 0 saturated carbocycles. The normalized spacial score (nSPS) is 9.80. The topological polar surface area (TPSA) is 59.1 Å². The highest BCUT2D eigenvalue weighted by Crippen LogP contribution is 2.08. The molecular weight excluding hydrogens is 128 g/mol. The lowest BCUT2D eigenvalue weighted by molar-refractivity contribution is 0.282. The molecule has 1 aromatic rings. The molecule has 54 valence electrons. The van der Waals surface area contributed by atoms with Gasteiger partial charge in [-0.05, 0) is 18.6 Å². The molecule has 0 amide bonds. The minimum absolute atomic E-state index is 0.0412. The summed E-state index contributed by atoms with van der Waals surface area (Å²) in [6, 6.07) is 1.82. The predicted octanol–water partition coefficient (Wildman–Crippen LogP) is 0.465. The fourth-order valence-corrected chi connectivity index (χ4v) is 0.767. The van der Waals surface area contributed by atoms with Crippen LogP contribution < -0.4 is 5.73 Å². The summed E-state index contributed by atoms with van der Waals surface area (Å²) < 4.78 is 0. The summed E-state index contributed by atoms with van der Waals surface area (Å²) in [4.78, 5) is 3.87. The average Bonchev–Trinajstić information content (AvgIpc) is 1.94. The quantitative estimate of drug-likeness (QED) is 0.592. The van der Waals surface area contributed by atoms with E-state index in [0.717, 1.165) is 5.56 Å². The second kappa shape index (κ2) is 2.66. The van der Waals surface area contributed by atoms with Crippen molar-refractivity contribution < 1.29 is 5.11 Å². The van der Waals surface area contributed by atoms with Gasteiger partial charge >= 0.3 is 0 Å².